The third-order valence-corrected chi connectivity index (χ3v) is 5.58. The Morgan fingerprint density at radius 3 is 2.13 bits per heavy atom. The van der Waals surface area contributed by atoms with Crippen molar-refractivity contribution in [3.8, 4) is 5.69 Å². The Bertz CT molecular complexity index is 1110. The quantitative estimate of drug-likeness (QED) is 0.334. The molecule has 0 fully saturated rings. The monoisotopic (exact) mass is 446 g/mol. The molecule has 1 heterocycles. The Kier molecular flexibility index (Phi) is 8.58. The van der Waals surface area contributed by atoms with Crippen LogP contribution in [0.1, 0.15) is 11.3 Å². The van der Waals surface area contributed by atoms with E-state index in [1.165, 1.54) is 16.5 Å². The highest BCUT2D eigenvalue weighted by Crippen LogP contribution is 2.20. The minimum atomic E-state index is 0.377. The van der Waals surface area contributed by atoms with Crippen molar-refractivity contribution in [3.63, 3.8) is 0 Å². The highest BCUT2D eigenvalue weighted by atomic mass is 35.5. The number of benzene rings is 3. The van der Waals surface area contributed by atoms with Crippen LogP contribution in [0.25, 0.3) is 5.69 Å². The van der Waals surface area contributed by atoms with Crippen LogP contribution in [0.15, 0.2) is 103 Å². The predicted octanol–water partition coefficient (Wildman–Crippen LogP) is 6.19. The lowest BCUT2D eigenvalue weighted by molar-refractivity contribution is 1.00. The van der Waals surface area contributed by atoms with Gasteiger partial charge in [0.1, 0.15) is 0 Å². The Labute approximate surface area is 195 Å². The second-order valence-electron chi connectivity index (χ2n) is 7.33. The first kappa shape index (κ1) is 22.9. The molecule has 2 nitrogen and oxygen atoms in total. The van der Waals surface area contributed by atoms with Gasteiger partial charge in [-0.1, -0.05) is 112 Å². The van der Waals surface area contributed by atoms with Crippen molar-refractivity contribution in [2.24, 2.45) is 0 Å². The van der Waals surface area contributed by atoms with E-state index in [1.807, 2.05) is 54.1 Å². The van der Waals surface area contributed by atoms with E-state index in [1.54, 1.807) is 11.9 Å². The normalized spacial score (nSPS) is 10.6. The molecule has 0 saturated heterocycles. The number of allylic oxidation sites excluding steroid dienone is 1. The number of halogens is 2. The fourth-order valence-electron chi connectivity index (χ4n) is 3.40. The fraction of sp³-hybridized carbons (Fsp3) is 0.115. The van der Waals surface area contributed by atoms with Gasteiger partial charge in [-0.25, -0.2) is 4.98 Å². The molecule has 31 heavy (non-hydrogen) atoms. The van der Waals surface area contributed by atoms with E-state index in [9.17, 15) is 0 Å². The summed E-state index contributed by atoms with van der Waals surface area (Å²) in [5.74, 6) is 0. The zero-order chi connectivity index (χ0) is 22.1. The lowest BCUT2D eigenvalue weighted by Gasteiger charge is -2.13. The molecular formula is C26H25BCl2N2. The van der Waals surface area contributed by atoms with Crippen molar-refractivity contribution in [1.29, 1.82) is 0 Å². The molecule has 0 spiro atoms. The van der Waals surface area contributed by atoms with Gasteiger partial charge < -0.3 is 4.57 Å². The molecule has 0 aliphatic rings. The van der Waals surface area contributed by atoms with Gasteiger partial charge in [0.05, 0.1) is 17.0 Å². The maximum Gasteiger partial charge on any atom is 0.213 e. The number of hydrogen-bond acceptors (Lipinski definition) is 1. The van der Waals surface area contributed by atoms with Gasteiger partial charge in [0.15, 0.2) is 0 Å². The molecule has 0 bridgehead atoms. The summed E-state index contributed by atoms with van der Waals surface area (Å²) in [5, 5.41) is 0.739. The summed E-state index contributed by atoms with van der Waals surface area (Å²) in [6.07, 6.45) is 6.51. The summed E-state index contributed by atoms with van der Waals surface area (Å²) in [6.45, 7) is 4.48. The van der Waals surface area contributed by atoms with Crippen LogP contribution in [-0.4, -0.2) is 16.3 Å². The highest BCUT2D eigenvalue weighted by Gasteiger charge is 2.16. The second kappa shape index (κ2) is 11.6. The molecule has 4 rings (SSSR count). The van der Waals surface area contributed by atoms with E-state index in [4.69, 9.17) is 23.2 Å². The first-order valence-corrected chi connectivity index (χ1v) is 11.0. The zero-order valence-corrected chi connectivity index (χ0v) is 19.3. The largest absolute Gasteiger partial charge is 0.302 e. The van der Waals surface area contributed by atoms with E-state index in [2.05, 4.69) is 60.4 Å². The van der Waals surface area contributed by atoms with Crippen molar-refractivity contribution in [1.82, 2.24) is 9.55 Å². The SMILES string of the molecule is Cc1ccc(B(CC=CCl)c2ccccc2)cc1.Cc1cncn1-c1ccccc1Cl. The van der Waals surface area contributed by atoms with E-state index >= 15 is 0 Å². The first-order chi connectivity index (χ1) is 15.1. The van der Waals surface area contributed by atoms with Gasteiger partial charge in [-0.05, 0) is 37.8 Å². The van der Waals surface area contributed by atoms with Crippen molar-refractivity contribution in [3.05, 3.63) is 119 Å². The third-order valence-electron chi connectivity index (χ3n) is 5.08. The number of imidazole rings is 1. The maximum absolute atomic E-state index is 6.04. The van der Waals surface area contributed by atoms with Crippen molar-refractivity contribution >= 4 is 40.8 Å². The van der Waals surface area contributed by atoms with Gasteiger partial charge in [-0.15, -0.1) is 0 Å². The summed E-state index contributed by atoms with van der Waals surface area (Å²) < 4.78 is 1.96. The van der Waals surface area contributed by atoms with Crippen LogP contribution >= 0.6 is 23.2 Å². The number of rotatable bonds is 5. The molecule has 0 atom stereocenters. The topological polar surface area (TPSA) is 17.8 Å². The molecule has 4 aromatic rings. The highest BCUT2D eigenvalue weighted by molar-refractivity contribution is 6.85. The van der Waals surface area contributed by atoms with Crippen molar-refractivity contribution in [2.45, 2.75) is 20.2 Å². The average molecular weight is 447 g/mol. The molecule has 0 amide bonds. The summed E-state index contributed by atoms with van der Waals surface area (Å²) in [7, 11) is 0. The van der Waals surface area contributed by atoms with E-state index in [0.29, 0.717) is 6.71 Å². The van der Waals surface area contributed by atoms with Gasteiger partial charge in [0, 0.05) is 11.9 Å². The molecule has 0 unspecified atom stereocenters. The van der Waals surface area contributed by atoms with Crippen LogP contribution in [-0.2, 0) is 0 Å². The molecule has 1 aromatic heterocycles. The van der Waals surface area contributed by atoms with E-state index in [-0.39, 0.29) is 0 Å². The molecule has 0 aliphatic heterocycles. The summed E-state index contributed by atoms with van der Waals surface area (Å²) >= 11 is 11.7. The van der Waals surface area contributed by atoms with Crippen LogP contribution in [0.3, 0.4) is 0 Å². The minimum absolute atomic E-state index is 0.377. The standard InChI is InChI=1S/C16H16BCl.C10H9ClN2/c1-14-8-10-16(11-9-14)17(12-5-13-18)15-6-3-2-4-7-15;1-8-6-12-7-13(8)10-5-3-2-4-9(10)11/h2-11,13H,12H2,1H3;2-7H,1H3. The molecule has 0 aliphatic carbocycles. The maximum atomic E-state index is 6.04. The zero-order valence-electron chi connectivity index (χ0n) is 17.7. The smallest absolute Gasteiger partial charge is 0.213 e. The number of para-hydroxylation sites is 1. The Morgan fingerprint density at radius 1 is 0.871 bits per heavy atom. The Morgan fingerprint density at radius 2 is 1.52 bits per heavy atom. The van der Waals surface area contributed by atoms with E-state index in [0.717, 1.165) is 22.7 Å². The van der Waals surface area contributed by atoms with Gasteiger partial charge >= 0.3 is 0 Å². The molecule has 156 valence electrons. The van der Waals surface area contributed by atoms with Crippen LogP contribution in [0, 0.1) is 13.8 Å². The van der Waals surface area contributed by atoms with Crippen LogP contribution in [0.4, 0.5) is 0 Å². The lowest BCUT2D eigenvalue weighted by Crippen LogP contribution is -2.41. The van der Waals surface area contributed by atoms with E-state index < -0.39 is 0 Å². The first-order valence-electron chi connectivity index (χ1n) is 10.2. The minimum Gasteiger partial charge on any atom is -0.302 e. The van der Waals surface area contributed by atoms with Crippen LogP contribution in [0.5, 0.6) is 0 Å². The third kappa shape index (κ3) is 6.37. The fourth-order valence-corrected chi connectivity index (χ4v) is 3.73. The summed E-state index contributed by atoms with van der Waals surface area (Å²) in [5.41, 5.74) is 7.60. The number of aryl methyl sites for hydroxylation is 2. The molecule has 3 aromatic carbocycles. The Hall–Kier alpha value is -2.75. The molecule has 0 radical (unpaired) electrons. The molecule has 0 N–H and O–H groups in total. The second-order valence-corrected chi connectivity index (χ2v) is 7.99. The van der Waals surface area contributed by atoms with Crippen molar-refractivity contribution < 1.29 is 0 Å². The molecule has 0 saturated carbocycles. The number of nitrogens with zero attached hydrogens (tertiary/aromatic N) is 2. The summed E-state index contributed by atoms with van der Waals surface area (Å²) in [6, 6.07) is 27.0. The predicted molar refractivity (Wildman–Crippen MR) is 136 cm³/mol. The molecular weight excluding hydrogens is 422 g/mol. The number of aromatic nitrogens is 2. The van der Waals surface area contributed by atoms with Gasteiger partial charge in [0.25, 0.3) is 0 Å². The van der Waals surface area contributed by atoms with Crippen LogP contribution in [0.2, 0.25) is 11.3 Å². The van der Waals surface area contributed by atoms with Crippen molar-refractivity contribution in [2.75, 3.05) is 0 Å². The van der Waals surface area contributed by atoms with Gasteiger partial charge in [0.2, 0.25) is 6.71 Å². The molecule has 5 heteroatoms. The van der Waals surface area contributed by atoms with Gasteiger partial charge in [-0.2, -0.15) is 0 Å². The Balaban J connectivity index is 0.000000185. The number of hydrogen-bond donors (Lipinski definition) is 0. The van der Waals surface area contributed by atoms with Gasteiger partial charge in [-0.3, -0.25) is 0 Å². The van der Waals surface area contributed by atoms with Crippen LogP contribution < -0.4 is 10.9 Å². The average Bonchev–Trinajstić information content (AvgIpc) is 3.22. The summed E-state index contributed by atoms with van der Waals surface area (Å²) in [4.78, 5) is 4.04. The lowest BCUT2D eigenvalue weighted by atomic mass is 9.39.